The number of hydrogen-bond donors (Lipinski definition) is 2. The number of nitrogens with zero attached hydrogens (tertiary/aromatic N) is 1. The van der Waals surface area contributed by atoms with Crippen molar-refractivity contribution >= 4 is 5.69 Å². The number of ether oxygens (including phenoxy) is 1. The second kappa shape index (κ2) is 4.20. The minimum absolute atomic E-state index is 0.287. The number of anilines is 1. The monoisotopic (exact) mass is 203 g/mol. The molecule has 4 heteroatoms. The summed E-state index contributed by atoms with van der Waals surface area (Å²) in [7, 11) is 1.91. The molecule has 4 nitrogen and oxygen atoms in total. The molecule has 15 heavy (non-hydrogen) atoms. The van der Waals surface area contributed by atoms with Crippen LogP contribution in [0.25, 0.3) is 0 Å². The quantitative estimate of drug-likeness (QED) is 0.751. The molecule has 1 atom stereocenters. The molecule has 2 N–H and O–H groups in total. The Morgan fingerprint density at radius 3 is 3.27 bits per heavy atom. The molecule has 0 fully saturated rings. The van der Waals surface area contributed by atoms with Crippen LogP contribution in [0.3, 0.4) is 0 Å². The second-order valence-electron chi connectivity index (χ2n) is 3.53. The van der Waals surface area contributed by atoms with E-state index in [0.717, 1.165) is 18.0 Å². The topological polar surface area (TPSA) is 57.1 Å². The lowest BCUT2D eigenvalue weighted by Crippen LogP contribution is -2.38. The van der Waals surface area contributed by atoms with Crippen LogP contribution in [0, 0.1) is 11.3 Å². The van der Waals surface area contributed by atoms with Crippen LogP contribution < -0.4 is 15.4 Å². The Hall–Kier alpha value is -1.73. The fraction of sp³-hybridized carbons (Fsp3) is 0.364. The fourth-order valence-electron chi connectivity index (χ4n) is 1.64. The van der Waals surface area contributed by atoms with Gasteiger partial charge in [-0.2, -0.15) is 5.26 Å². The van der Waals surface area contributed by atoms with Crippen LogP contribution in [0.15, 0.2) is 18.2 Å². The number of likely N-dealkylation sites (N-methyl/N-ethyl adjacent to an activating group) is 1. The Morgan fingerprint density at radius 1 is 1.67 bits per heavy atom. The van der Waals surface area contributed by atoms with E-state index in [1.165, 1.54) is 0 Å². The Balaban J connectivity index is 2.18. The summed E-state index contributed by atoms with van der Waals surface area (Å²) < 4.78 is 5.58. The maximum atomic E-state index is 8.74. The van der Waals surface area contributed by atoms with Gasteiger partial charge in [-0.05, 0) is 19.2 Å². The molecule has 1 heterocycles. The molecule has 0 radical (unpaired) electrons. The Bertz CT molecular complexity index is 397. The highest BCUT2D eigenvalue weighted by Crippen LogP contribution is 2.29. The van der Waals surface area contributed by atoms with Crippen molar-refractivity contribution in [2.45, 2.75) is 6.04 Å². The minimum Gasteiger partial charge on any atom is -0.489 e. The van der Waals surface area contributed by atoms with Crippen LogP contribution >= 0.6 is 0 Å². The molecule has 0 spiro atoms. The summed E-state index contributed by atoms with van der Waals surface area (Å²) in [5.41, 5.74) is 1.59. The zero-order chi connectivity index (χ0) is 10.7. The average molecular weight is 203 g/mol. The predicted octanol–water partition coefficient (Wildman–Crippen LogP) is 0.951. The van der Waals surface area contributed by atoms with Gasteiger partial charge in [0, 0.05) is 12.6 Å². The van der Waals surface area contributed by atoms with E-state index in [2.05, 4.69) is 16.7 Å². The first kappa shape index (κ1) is 9.81. The zero-order valence-electron chi connectivity index (χ0n) is 8.58. The van der Waals surface area contributed by atoms with Crippen LogP contribution in [-0.4, -0.2) is 26.2 Å². The number of nitrogens with one attached hydrogen (secondary N) is 2. The maximum Gasteiger partial charge on any atom is 0.143 e. The van der Waals surface area contributed by atoms with Gasteiger partial charge in [0.05, 0.1) is 23.4 Å². The first-order chi connectivity index (χ1) is 7.33. The molecule has 78 valence electrons. The second-order valence-corrected chi connectivity index (χ2v) is 3.53. The number of hydrogen-bond acceptors (Lipinski definition) is 4. The molecule has 1 aromatic rings. The van der Waals surface area contributed by atoms with Crippen LogP contribution in [0.2, 0.25) is 0 Å². The van der Waals surface area contributed by atoms with Crippen molar-refractivity contribution in [2.24, 2.45) is 0 Å². The summed E-state index contributed by atoms with van der Waals surface area (Å²) in [6.07, 6.45) is 0. The maximum absolute atomic E-state index is 8.74. The van der Waals surface area contributed by atoms with Crippen LogP contribution in [0.1, 0.15) is 5.56 Å². The van der Waals surface area contributed by atoms with Gasteiger partial charge in [-0.1, -0.05) is 0 Å². The SMILES string of the molecule is CNCC1COc2cc(C#N)ccc2N1. The van der Waals surface area contributed by atoms with Crippen molar-refractivity contribution in [1.82, 2.24) is 5.32 Å². The molecule has 0 aliphatic carbocycles. The zero-order valence-corrected chi connectivity index (χ0v) is 8.58. The first-order valence-electron chi connectivity index (χ1n) is 4.91. The van der Waals surface area contributed by atoms with Gasteiger partial charge in [0.1, 0.15) is 12.4 Å². The number of benzene rings is 1. The van der Waals surface area contributed by atoms with E-state index < -0.39 is 0 Å². The molecule has 1 aliphatic rings. The van der Waals surface area contributed by atoms with Gasteiger partial charge in [0.25, 0.3) is 0 Å². The lowest BCUT2D eigenvalue weighted by molar-refractivity contribution is 0.282. The van der Waals surface area contributed by atoms with Crippen molar-refractivity contribution < 1.29 is 4.74 Å². The highest BCUT2D eigenvalue weighted by Gasteiger charge is 2.17. The summed E-state index contributed by atoms with van der Waals surface area (Å²) in [4.78, 5) is 0. The molecule has 2 rings (SSSR count). The highest BCUT2D eigenvalue weighted by atomic mass is 16.5. The molecular weight excluding hydrogens is 190 g/mol. The third kappa shape index (κ3) is 2.03. The molecule has 0 bridgehead atoms. The Morgan fingerprint density at radius 2 is 2.53 bits per heavy atom. The summed E-state index contributed by atoms with van der Waals surface area (Å²) in [5.74, 6) is 0.765. The van der Waals surface area contributed by atoms with Crippen molar-refractivity contribution in [3.8, 4) is 11.8 Å². The number of nitriles is 1. The van der Waals surface area contributed by atoms with Gasteiger partial charge in [-0.3, -0.25) is 0 Å². The van der Waals surface area contributed by atoms with Crippen LogP contribution in [0.4, 0.5) is 5.69 Å². The lowest BCUT2D eigenvalue weighted by Gasteiger charge is -2.27. The van der Waals surface area contributed by atoms with E-state index in [-0.39, 0.29) is 6.04 Å². The van der Waals surface area contributed by atoms with E-state index >= 15 is 0 Å². The smallest absolute Gasteiger partial charge is 0.143 e. The van der Waals surface area contributed by atoms with Crippen LogP contribution in [-0.2, 0) is 0 Å². The van der Waals surface area contributed by atoms with Crippen molar-refractivity contribution in [3.05, 3.63) is 23.8 Å². The first-order valence-corrected chi connectivity index (χ1v) is 4.91. The lowest BCUT2D eigenvalue weighted by atomic mass is 10.1. The van der Waals surface area contributed by atoms with Gasteiger partial charge >= 0.3 is 0 Å². The Labute approximate surface area is 88.9 Å². The molecule has 0 saturated heterocycles. The molecule has 0 saturated carbocycles. The molecule has 0 aromatic heterocycles. The summed E-state index contributed by atoms with van der Waals surface area (Å²) in [6.45, 7) is 1.49. The van der Waals surface area contributed by atoms with Gasteiger partial charge in [-0.15, -0.1) is 0 Å². The number of fused-ring (bicyclic) bond motifs is 1. The largest absolute Gasteiger partial charge is 0.489 e. The minimum atomic E-state index is 0.287. The highest BCUT2D eigenvalue weighted by molar-refractivity contribution is 5.61. The van der Waals surface area contributed by atoms with Crippen LogP contribution in [0.5, 0.6) is 5.75 Å². The third-order valence-corrected chi connectivity index (χ3v) is 2.36. The molecular formula is C11H13N3O. The van der Waals surface area contributed by atoms with Crippen molar-refractivity contribution in [2.75, 3.05) is 25.5 Å². The predicted molar refractivity (Wildman–Crippen MR) is 58.0 cm³/mol. The molecule has 1 aromatic carbocycles. The van der Waals surface area contributed by atoms with E-state index in [9.17, 15) is 0 Å². The molecule has 1 unspecified atom stereocenters. The van der Waals surface area contributed by atoms with Gasteiger partial charge in [-0.25, -0.2) is 0 Å². The normalized spacial score (nSPS) is 18.3. The summed E-state index contributed by atoms with van der Waals surface area (Å²) in [6, 6.07) is 7.82. The standard InChI is InChI=1S/C11H13N3O/c1-13-6-9-7-15-11-4-8(5-12)2-3-10(11)14-9/h2-4,9,13-14H,6-7H2,1H3. The van der Waals surface area contributed by atoms with Crippen molar-refractivity contribution in [3.63, 3.8) is 0 Å². The van der Waals surface area contributed by atoms with Gasteiger partial charge in [0.2, 0.25) is 0 Å². The van der Waals surface area contributed by atoms with E-state index in [1.807, 2.05) is 13.1 Å². The van der Waals surface area contributed by atoms with E-state index in [0.29, 0.717) is 12.2 Å². The summed E-state index contributed by atoms with van der Waals surface area (Å²) in [5, 5.41) is 15.2. The molecule has 1 aliphatic heterocycles. The average Bonchev–Trinajstić information content (AvgIpc) is 2.29. The summed E-state index contributed by atoms with van der Waals surface area (Å²) >= 11 is 0. The van der Waals surface area contributed by atoms with Gasteiger partial charge < -0.3 is 15.4 Å². The number of rotatable bonds is 2. The Kier molecular flexibility index (Phi) is 2.75. The van der Waals surface area contributed by atoms with Gasteiger partial charge in [0.15, 0.2) is 0 Å². The fourth-order valence-corrected chi connectivity index (χ4v) is 1.64. The van der Waals surface area contributed by atoms with Crippen molar-refractivity contribution in [1.29, 1.82) is 5.26 Å². The third-order valence-electron chi connectivity index (χ3n) is 2.36. The van der Waals surface area contributed by atoms with E-state index in [4.69, 9.17) is 10.00 Å². The van der Waals surface area contributed by atoms with E-state index in [1.54, 1.807) is 12.1 Å². The molecule has 0 amide bonds.